The summed E-state index contributed by atoms with van der Waals surface area (Å²) in [5, 5.41) is 0. The Morgan fingerprint density at radius 3 is 2.52 bits per heavy atom. The first-order valence-electron chi connectivity index (χ1n) is 6.92. The van der Waals surface area contributed by atoms with E-state index in [2.05, 4.69) is 4.98 Å². The van der Waals surface area contributed by atoms with Crippen molar-refractivity contribution >= 4 is 22.6 Å². The van der Waals surface area contributed by atoms with Gasteiger partial charge < -0.3 is 9.47 Å². The summed E-state index contributed by atoms with van der Waals surface area (Å²) in [6.07, 6.45) is 1.73. The molecule has 0 N–H and O–H groups in total. The molecule has 0 aliphatic heterocycles. The van der Waals surface area contributed by atoms with Crippen LogP contribution in [0.15, 0.2) is 60.9 Å². The molecule has 1 amide bonds. The lowest BCUT2D eigenvalue weighted by Gasteiger charge is -2.22. The SMILES string of the molecule is CC(C(=O)N(C)c1ccccc1)n1cnc2ccccc21. The van der Waals surface area contributed by atoms with Gasteiger partial charge in [0.05, 0.1) is 17.4 Å². The second kappa shape index (κ2) is 5.40. The molecule has 4 heteroatoms. The summed E-state index contributed by atoms with van der Waals surface area (Å²) in [6, 6.07) is 17.2. The highest BCUT2D eigenvalue weighted by Gasteiger charge is 2.21. The molecule has 2 aromatic carbocycles. The van der Waals surface area contributed by atoms with Gasteiger partial charge in [-0.15, -0.1) is 0 Å². The van der Waals surface area contributed by atoms with Crippen LogP contribution in [0, 0.1) is 0 Å². The first-order valence-corrected chi connectivity index (χ1v) is 6.92. The molecule has 1 heterocycles. The molecule has 21 heavy (non-hydrogen) atoms. The minimum Gasteiger partial charge on any atom is -0.318 e. The van der Waals surface area contributed by atoms with E-state index in [-0.39, 0.29) is 11.9 Å². The summed E-state index contributed by atoms with van der Waals surface area (Å²) in [6.45, 7) is 1.90. The van der Waals surface area contributed by atoms with E-state index in [1.165, 1.54) is 0 Å². The summed E-state index contributed by atoms with van der Waals surface area (Å²) in [5.41, 5.74) is 2.76. The molecule has 3 aromatic rings. The van der Waals surface area contributed by atoms with Crippen LogP contribution in [0.5, 0.6) is 0 Å². The Kier molecular flexibility index (Phi) is 3.44. The van der Waals surface area contributed by atoms with Crippen LogP contribution in [0.3, 0.4) is 0 Å². The van der Waals surface area contributed by atoms with Gasteiger partial charge in [0.2, 0.25) is 5.91 Å². The summed E-state index contributed by atoms with van der Waals surface area (Å²) < 4.78 is 1.91. The topological polar surface area (TPSA) is 38.1 Å². The van der Waals surface area contributed by atoms with E-state index < -0.39 is 0 Å². The zero-order chi connectivity index (χ0) is 14.8. The van der Waals surface area contributed by atoms with Gasteiger partial charge in [-0.2, -0.15) is 0 Å². The third-order valence-electron chi connectivity index (χ3n) is 3.73. The van der Waals surface area contributed by atoms with E-state index in [9.17, 15) is 4.79 Å². The first-order chi connectivity index (χ1) is 10.2. The molecular formula is C17H17N3O. The predicted molar refractivity (Wildman–Crippen MR) is 84.3 cm³/mol. The molecule has 0 radical (unpaired) electrons. The lowest BCUT2D eigenvalue weighted by Crippen LogP contribution is -2.32. The molecule has 0 fully saturated rings. The number of imidazole rings is 1. The van der Waals surface area contributed by atoms with Crippen LogP contribution in [0.1, 0.15) is 13.0 Å². The quantitative estimate of drug-likeness (QED) is 0.738. The molecule has 106 valence electrons. The standard InChI is InChI=1S/C17H17N3O/c1-13(17(21)19(2)14-8-4-3-5-9-14)20-12-18-15-10-6-7-11-16(15)20/h3-13H,1-2H3. The minimum atomic E-state index is -0.303. The van der Waals surface area contributed by atoms with E-state index in [1.54, 1.807) is 18.3 Å². The summed E-state index contributed by atoms with van der Waals surface area (Å²) in [4.78, 5) is 18.7. The monoisotopic (exact) mass is 279 g/mol. The van der Waals surface area contributed by atoms with E-state index in [0.717, 1.165) is 16.7 Å². The first kappa shape index (κ1) is 13.4. The Bertz CT molecular complexity index is 764. The van der Waals surface area contributed by atoms with Crippen molar-refractivity contribution in [3.63, 3.8) is 0 Å². The molecule has 3 rings (SSSR count). The minimum absolute atomic E-state index is 0.0318. The van der Waals surface area contributed by atoms with E-state index >= 15 is 0 Å². The highest BCUT2D eigenvalue weighted by molar-refractivity contribution is 5.96. The Labute approximate surface area is 123 Å². The largest absolute Gasteiger partial charge is 0.318 e. The average Bonchev–Trinajstić information content (AvgIpc) is 2.97. The molecule has 1 aromatic heterocycles. The Hall–Kier alpha value is -2.62. The molecule has 0 aliphatic rings. The number of rotatable bonds is 3. The lowest BCUT2D eigenvalue weighted by molar-refractivity contribution is -0.120. The van der Waals surface area contributed by atoms with Crippen molar-refractivity contribution in [3.05, 3.63) is 60.9 Å². The number of benzene rings is 2. The van der Waals surface area contributed by atoms with Crippen molar-refractivity contribution < 1.29 is 4.79 Å². The fourth-order valence-corrected chi connectivity index (χ4v) is 2.46. The van der Waals surface area contributed by atoms with Gasteiger partial charge in [0.25, 0.3) is 0 Å². The maximum Gasteiger partial charge on any atom is 0.249 e. The molecule has 4 nitrogen and oxygen atoms in total. The summed E-state index contributed by atoms with van der Waals surface area (Å²) in [7, 11) is 1.80. The van der Waals surface area contributed by atoms with Crippen molar-refractivity contribution in [2.45, 2.75) is 13.0 Å². The average molecular weight is 279 g/mol. The molecule has 0 saturated carbocycles. The number of likely N-dealkylation sites (N-methyl/N-ethyl adjacent to an activating group) is 1. The van der Waals surface area contributed by atoms with Crippen molar-refractivity contribution in [2.75, 3.05) is 11.9 Å². The summed E-state index contributed by atoms with van der Waals surface area (Å²) >= 11 is 0. The second-order valence-electron chi connectivity index (χ2n) is 5.05. The lowest BCUT2D eigenvalue weighted by atomic mass is 10.2. The van der Waals surface area contributed by atoms with Crippen molar-refractivity contribution in [1.82, 2.24) is 9.55 Å². The van der Waals surface area contributed by atoms with Crippen molar-refractivity contribution in [2.24, 2.45) is 0 Å². The highest BCUT2D eigenvalue weighted by atomic mass is 16.2. The molecule has 0 spiro atoms. The number of aromatic nitrogens is 2. The maximum atomic E-state index is 12.7. The van der Waals surface area contributed by atoms with Gasteiger partial charge in [-0.05, 0) is 31.2 Å². The molecule has 0 bridgehead atoms. The number of hydrogen-bond acceptors (Lipinski definition) is 2. The van der Waals surface area contributed by atoms with Crippen LogP contribution >= 0.6 is 0 Å². The molecule has 0 saturated heterocycles. The number of nitrogens with zero attached hydrogens (tertiary/aromatic N) is 3. The highest BCUT2D eigenvalue weighted by Crippen LogP contribution is 2.21. The van der Waals surface area contributed by atoms with Crippen LogP contribution in [0.4, 0.5) is 5.69 Å². The number of para-hydroxylation sites is 3. The third kappa shape index (κ3) is 2.40. The molecular weight excluding hydrogens is 262 g/mol. The van der Waals surface area contributed by atoms with E-state index in [4.69, 9.17) is 0 Å². The second-order valence-corrected chi connectivity index (χ2v) is 5.05. The van der Waals surface area contributed by atoms with Crippen LogP contribution in [-0.4, -0.2) is 22.5 Å². The zero-order valence-electron chi connectivity index (χ0n) is 12.1. The van der Waals surface area contributed by atoms with Crippen molar-refractivity contribution in [3.8, 4) is 0 Å². The van der Waals surface area contributed by atoms with Crippen LogP contribution < -0.4 is 4.90 Å². The van der Waals surface area contributed by atoms with Crippen molar-refractivity contribution in [1.29, 1.82) is 0 Å². The van der Waals surface area contributed by atoms with Gasteiger partial charge in [-0.25, -0.2) is 4.98 Å². The fraction of sp³-hybridized carbons (Fsp3) is 0.176. The Morgan fingerprint density at radius 2 is 1.76 bits per heavy atom. The zero-order valence-corrected chi connectivity index (χ0v) is 12.1. The van der Waals surface area contributed by atoms with E-state index in [0.29, 0.717) is 0 Å². The van der Waals surface area contributed by atoms with Crippen LogP contribution in [-0.2, 0) is 4.79 Å². The number of carbonyl (C=O) groups is 1. The van der Waals surface area contributed by atoms with Gasteiger partial charge in [0.1, 0.15) is 6.04 Å². The normalized spacial score (nSPS) is 12.3. The van der Waals surface area contributed by atoms with Gasteiger partial charge in [-0.3, -0.25) is 4.79 Å². The number of anilines is 1. The molecule has 0 aliphatic carbocycles. The third-order valence-corrected chi connectivity index (χ3v) is 3.73. The summed E-state index contributed by atoms with van der Waals surface area (Å²) in [5.74, 6) is 0.0318. The van der Waals surface area contributed by atoms with Gasteiger partial charge in [0.15, 0.2) is 0 Å². The number of fused-ring (bicyclic) bond motifs is 1. The Balaban J connectivity index is 1.91. The number of carbonyl (C=O) groups excluding carboxylic acids is 1. The predicted octanol–water partition coefficient (Wildman–Crippen LogP) is 3.26. The molecule has 1 unspecified atom stereocenters. The van der Waals surface area contributed by atoms with E-state index in [1.807, 2.05) is 66.1 Å². The van der Waals surface area contributed by atoms with Gasteiger partial charge >= 0.3 is 0 Å². The Morgan fingerprint density at radius 1 is 1.10 bits per heavy atom. The number of amides is 1. The molecule has 1 atom stereocenters. The maximum absolute atomic E-state index is 12.7. The van der Waals surface area contributed by atoms with Gasteiger partial charge in [-0.1, -0.05) is 30.3 Å². The fourth-order valence-electron chi connectivity index (χ4n) is 2.46. The van der Waals surface area contributed by atoms with Crippen LogP contribution in [0.2, 0.25) is 0 Å². The number of hydrogen-bond donors (Lipinski definition) is 0. The van der Waals surface area contributed by atoms with Crippen LogP contribution in [0.25, 0.3) is 11.0 Å². The smallest absolute Gasteiger partial charge is 0.249 e. The van der Waals surface area contributed by atoms with Gasteiger partial charge in [0, 0.05) is 12.7 Å².